The number of aromatic amines is 1. The molecule has 7 nitrogen and oxygen atoms in total. The van der Waals surface area contributed by atoms with E-state index < -0.39 is 6.10 Å². The number of nitrogen functional groups attached to an aromatic ring is 1. The number of aromatic nitrogens is 4. The molecule has 0 aromatic carbocycles. The highest BCUT2D eigenvalue weighted by Gasteiger charge is 2.11. The minimum absolute atomic E-state index is 0.159. The maximum absolute atomic E-state index is 9.38. The first kappa shape index (κ1) is 11.0. The van der Waals surface area contributed by atoms with Gasteiger partial charge in [0.15, 0.2) is 16.2 Å². The number of imidazole rings is 1. The quantitative estimate of drug-likeness (QED) is 0.535. The fourth-order valence-corrected chi connectivity index (χ4v) is 1.69. The van der Waals surface area contributed by atoms with Crippen molar-refractivity contribution in [3.05, 3.63) is 11.1 Å². The van der Waals surface area contributed by atoms with E-state index in [9.17, 15) is 5.11 Å². The largest absolute Gasteiger partial charge is 0.394 e. The molecule has 2 aromatic heterocycles. The number of fused-ring (bicyclic) bond motifs is 1. The molecule has 8 heteroatoms. The molecule has 86 valence electrons. The predicted molar refractivity (Wildman–Crippen MR) is 60.2 cm³/mol. The van der Waals surface area contributed by atoms with Gasteiger partial charge in [-0.2, -0.15) is 0 Å². The van der Waals surface area contributed by atoms with Crippen LogP contribution < -0.4 is 5.73 Å². The third kappa shape index (κ3) is 1.77. The molecular weight excluding hydrogens is 230 g/mol. The number of hydrogen-bond acceptors (Lipinski definition) is 6. The number of hydrogen-bond donors (Lipinski definition) is 4. The summed E-state index contributed by atoms with van der Waals surface area (Å²) >= 11 is 5.07. The van der Waals surface area contributed by atoms with Gasteiger partial charge in [0.25, 0.3) is 0 Å². The zero-order valence-electron chi connectivity index (χ0n) is 8.29. The first-order chi connectivity index (χ1) is 7.63. The zero-order chi connectivity index (χ0) is 11.7. The van der Waals surface area contributed by atoms with Gasteiger partial charge in [0.05, 0.1) is 19.3 Å². The van der Waals surface area contributed by atoms with Crippen molar-refractivity contribution in [2.24, 2.45) is 0 Å². The molecular formula is C8H11N5O2S. The molecule has 0 unspecified atom stereocenters. The second kappa shape index (κ2) is 4.16. The van der Waals surface area contributed by atoms with Crippen LogP contribution in [0.2, 0.25) is 0 Å². The van der Waals surface area contributed by atoms with E-state index in [1.165, 1.54) is 6.33 Å². The molecule has 5 N–H and O–H groups in total. The Hall–Kier alpha value is -1.51. The summed E-state index contributed by atoms with van der Waals surface area (Å²) in [6.07, 6.45) is 0.434. The van der Waals surface area contributed by atoms with Gasteiger partial charge in [-0.1, -0.05) is 0 Å². The number of rotatable bonds is 3. The van der Waals surface area contributed by atoms with Crippen LogP contribution in [0.5, 0.6) is 0 Å². The summed E-state index contributed by atoms with van der Waals surface area (Å²) < 4.78 is 1.96. The maximum atomic E-state index is 9.38. The summed E-state index contributed by atoms with van der Waals surface area (Å²) in [6.45, 7) is -0.180. The molecule has 0 radical (unpaired) electrons. The standard InChI is InChI=1S/C8H11N5O2S/c9-6-5-7(11-3-10-6)13(8(16)12-5)1-4(15)2-14/h3-4,14-15H,1-2H2,(H,12,16)(H2,9,10,11)/t4-/m1/s1. The van der Waals surface area contributed by atoms with E-state index in [1.54, 1.807) is 4.57 Å². The van der Waals surface area contributed by atoms with Crippen LogP contribution in [0.15, 0.2) is 6.33 Å². The van der Waals surface area contributed by atoms with Crippen LogP contribution >= 0.6 is 12.2 Å². The number of H-pyrrole nitrogens is 1. The number of nitrogens with two attached hydrogens (primary N) is 1. The SMILES string of the molecule is Nc1ncnc2c1[nH]c(=S)n2C[C@@H](O)CO. The van der Waals surface area contributed by atoms with Crippen LogP contribution in [-0.4, -0.2) is 42.4 Å². The van der Waals surface area contributed by atoms with E-state index in [0.717, 1.165) is 0 Å². The Labute approximate surface area is 95.6 Å². The van der Waals surface area contributed by atoms with E-state index >= 15 is 0 Å². The molecule has 0 fully saturated rings. The molecule has 2 heterocycles. The molecule has 0 saturated carbocycles. The highest BCUT2D eigenvalue weighted by Crippen LogP contribution is 2.15. The van der Waals surface area contributed by atoms with Gasteiger partial charge in [-0.05, 0) is 12.2 Å². The maximum Gasteiger partial charge on any atom is 0.179 e. The molecule has 1 atom stereocenters. The first-order valence-electron chi connectivity index (χ1n) is 4.61. The fraction of sp³-hybridized carbons (Fsp3) is 0.375. The smallest absolute Gasteiger partial charge is 0.179 e. The van der Waals surface area contributed by atoms with E-state index in [4.69, 9.17) is 23.1 Å². The van der Waals surface area contributed by atoms with Gasteiger partial charge in [-0.3, -0.25) is 4.57 Å². The van der Waals surface area contributed by atoms with E-state index in [-0.39, 0.29) is 13.2 Å². The second-order valence-corrected chi connectivity index (χ2v) is 3.72. The third-order valence-corrected chi connectivity index (χ3v) is 2.52. The third-order valence-electron chi connectivity index (χ3n) is 2.19. The Kier molecular flexibility index (Phi) is 2.86. The number of aliphatic hydroxyl groups is 2. The first-order valence-corrected chi connectivity index (χ1v) is 5.02. The van der Waals surface area contributed by atoms with Crippen molar-refractivity contribution in [2.75, 3.05) is 12.3 Å². The molecule has 0 bridgehead atoms. The molecule has 0 aliphatic rings. The van der Waals surface area contributed by atoms with Crippen LogP contribution in [0.1, 0.15) is 0 Å². The van der Waals surface area contributed by atoms with Crippen molar-refractivity contribution >= 4 is 29.2 Å². The average Bonchev–Trinajstić information content (AvgIpc) is 2.58. The summed E-state index contributed by atoms with van der Waals surface area (Å²) in [5.41, 5.74) is 6.71. The normalized spacial score (nSPS) is 13.1. The lowest BCUT2D eigenvalue weighted by atomic mass is 10.4. The Morgan fingerprint density at radius 2 is 2.31 bits per heavy atom. The molecule has 0 aliphatic carbocycles. The van der Waals surface area contributed by atoms with E-state index in [0.29, 0.717) is 21.8 Å². The van der Waals surface area contributed by atoms with Crippen molar-refractivity contribution in [1.82, 2.24) is 19.5 Å². The number of aliphatic hydroxyl groups excluding tert-OH is 2. The molecule has 0 saturated heterocycles. The minimum atomic E-state index is -0.887. The van der Waals surface area contributed by atoms with Crippen LogP contribution in [0, 0.1) is 4.77 Å². The van der Waals surface area contributed by atoms with Gasteiger partial charge < -0.3 is 20.9 Å². The summed E-state index contributed by atoms with van der Waals surface area (Å²) in [4.78, 5) is 10.7. The highest BCUT2D eigenvalue weighted by atomic mass is 32.1. The van der Waals surface area contributed by atoms with Crippen LogP contribution in [0.3, 0.4) is 0 Å². The van der Waals surface area contributed by atoms with Gasteiger partial charge in [0.1, 0.15) is 11.8 Å². The van der Waals surface area contributed by atoms with Crippen molar-refractivity contribution < 1.29 is 10.2 Å². The van der Waals surface area contributed by atoms with Crippen molar-refractivity contribution in [3.8, 4) is 0 Å². The van der Waals surface area contributed by atoms with Crippen molar-refractivity contribution in [3.63, 3.8) is 0 Å². The van der Waals surface area contributed by atoms with Crippen LogP contribution in [0.25, 0.3) is 11.2 Å². The summed E-state index contributed by atoms with van der Waals surface area (Å²) in [6, 6.07) is 0. The Morgan fingerprint density at radius 3 is 3.00 bits per heavy atom. The Bertz CT molecular complexity index is 563. The van der Waals surface area contributed by atoms with Gasteiger partial charge in [-0.25, -0.2) is 9.97 Å². The highest BCUT2D eigenvalue weighted by molar-refractivity contribution is 7.71. The van der Waals surface area contributed by atoms with Gasteiger partial charge in [0, 0.05) is 0 Å². The monoisotopic (exact) mass is 241 g/mol. The molecule has 2 aromatic rings. The molecule has 0 spiro atoms. The lowest BCUT2D eigenvalue weighted by Gasteiger charge is -2.08. The van der Waals surface area contributed by atoms with Crippen molar-refractivity contribution in [1.29, 1.82) is 0 Å². The fourth-order valence-electron chi connectivity index (χ4n) is 1.42. The minimum Gasteiger partial charge on any atom is -0.394 e. The van der Waals surface area contributed by atoms with Crippen molar-refractivity contribution in [2.45, 2.75) is 12.6 Å². The van der Waals surface area contributed by atoms with Gasteiger partial charge in [-0.15, -0.1) is 0 Å². The van der Waals surface area contributed by atoms with E-state index in [1.807, 2.05) is 0 Å². The summed E-state index contributed by atoms with van der Waals surface area (Å²) in [5.74, 6) is 0.299. The number of nitrogens with one attached hydrogen (secondary N) is 1. The van der Waals surface area contributed by atoms with Crippen LogP contribution in [0.4, 0.5) is 5.82 Å². The Morgan fingerprint density at radius 1 is 1.56 bits per heavy atom. The summed E-state index contributed by atoms with van der Waals surface area (Å²) in [5, 5.41) is 18.2. The number of nitrogens with zero attached hydrogens (tertiary/aromatic N) is 3. The molecule has 16 heavy (non-hydrogen) atoms. The Balaban J connectivity index is 2.57. The predicted octanol–water partition coefficient (Wildman–Crippen LogP) is -0.576. The number of anilines is 1. The van der Waals surface area contributed by atoms with Gasteiger partial charge in [0.2, 0.25) is 0 Å². The lowest BCUT2D eigenvalue weighted by molar-refractivity contribution is 0.0817. The van der Waals surface area contributed by atoms with Crippen LogP contribution in [-0.2, 0) is 6.54 Å². The van der Waals surface area contributed by atoms with Gasteiger partial charge >= 0.3 is 0 Å². The van der Waals surface area contributed by atoms with E-state index in [2.05, 4.69) is 15.0 Å². The second-order valence-electron chi connectivity index (χ2n) is 3.33. The zero-order valence-corrected chi connectivity index (χ0v) is 9.11. The molecule has 2 rings (SSSR count). The average molecular weight is 241 g/mol. The molecule has 0 amide bonds. The lowest BCUT2D eigenvalue weighted by Crippen LogP contribution is -2.20. The topological polar surface area (TPSA) is 113 Å². The summed E-state index contributed by atoms with van der Waals surface area (Å²) in [7, 11) is 0. The molecule has 0 aliphatic heterocycles.